The summed E-state index contributed by atoms with van der Waals surface area (Å²) in [5, 5.41) is 0. The Morgan fingerprint density at radius 2 is 1.84 bits per heavy atom. The van der Waals surface area contributed by atoms with E-state index in [2.05, 4.69) is 16.0 Å². The smallest absolute Gasteiger partial charge is 0.251 e. The Labute approximate surface area is 153 Å². The molecule has 0 saturated carbocycles. The van der Waals surface area contributed by atoms with Crippen LogP contribution < -0.4 is 0 Å². The molecule has 25 heavy (non-hydrogen) atoms. The number of pyridine rings is 1. The zero-order valence-corrected chi connectivity index (χ0v) is 16.6. The van der Waals surface area contributed by atoms with E-state index in [0.717, 1.165) is 57.9 Å². The molecule has 0 spiro atoms. The van der Waals surface area contributed by atoms with Crippen LogP contribution in [0.15, 0.2) is 18.3 Å². The maximum atomic E-state index is 12.3. The van der Waals surface area contributed by atoms with Crippen molar-refractivity contribution in [3.63, 3.8) is 0 Å². The normalized spacial score (nSPS) is 20.2. The van der Waals surface area contributed by atoms with Gasteiger partial charge >= 0.3 is 0 Å². The second-order valence-corrected chi connectivity index (χ2v) is 5.91. The molecular formula is C20H35N3O2. The van der Waals surface area contributed by atoms with Gasteiger partial charge in [0.1, 0.15) is 6.10 Å². The van der Waals surface area contributed by atoms with Gasteiger partial charge in [0.15, 0.2) is 0 Å². The Kier molecular flexibility index (Phi) is 10.3. The first kappa shape index (κ1) is 21.6. The van der Waals surface area contributed by atoms with Gasteiger partial charge in [-0.3, -0.25) is 14.7 Å². The maximum absolute atomic E-state index is 12.3. The highest BCUT2D eigenvalue weighted by molar-refractivity contribution is 5.81. The summed E-state index contributed by atoms with van der Waals surface area (Å²) in [4.78, 5) is 20.9. The predicted molar refractivity (Wildman–Crippen MR) is 103 cm³/mol. The Morgan fingerprint density at radius 3 is 2.36 bits per heavy atom. The van der Waals surface area contributed by atoms with Crippen molar-refractivity contribution in [1.82, 2.24) is 14.8 Å². The molecule has 1 aromatic heterocycles. The van der Waals surface area contributed by atoms with Gasteiger partial charge in [0.2, 0.25) is 0 Å². The third kappa shape index (κ3) is 6.75. The number of ether oxygens (including phenoxy) is 1. The molecule has 5 nitrogen and oxygen atoms in total. The number of hydrogen-bond acceptors (Lipinski definition) is 4. The summed E-state index contributed by atoms with van der Waals surface area (Å²) < 4.78 is 5.49. The Balaban J connectivity index is 0.000000730. The van der Waals surface area contributed by atoms with Crippen molar-refractivity contribution < 1.29 is 9.53 Å². The van der Waals surface area contributed by atoms with Crippen LogP contribution in [0.25, 0.3) is 0 Å². The molecule has 0 aromatic carbocycles. The number of aromatic nitrogens is 1. The molecule has 1 aromatic rings. The average molecular weight is 350 g/mol. The van der Waals surface area contributed by atoms with E-state index in [-0.39, 0.29) is 12.0 Å². The maximum Gasteiger partial charge on any atom is 0.251 e. The summed E-state index contributed by atoms with van der Waals surface area (Å²) >= 11 is 0. The number of nitrogens with zero attached hydrogens (tertiary/aromatic N) is 3. The predicted octanol–water partition coefficient (Wildman–Crippen LogP) is 3.27. The van der Waals surface area contributed by atoms with Gasteiger partial charge < -0.3 is 9.64 Å². The number of piperazine rings is 1. The molecule has 2 fully saturated rings. The molecule has 0 aliphatic carbocycles. The summed E-state index contributed by atoms with van der Waals surface area (Å²) in [5.74, 6) is 0.184. The van der Waals surface area contributed by atoms with Crippen LogP contribution in [0.2, 0.25) is 0 Å². The van der Waals surface area contributed by atoms with E-state index >= 15 is 0 Å². The van der Waals surface area contributed by atoms with Gasteiger partial charge in [0, 0.05) is 51.2 Å². The quantitative estimate of drug-likeness (QED) is 0.840. The van der Waals surface area contributed by atoms with Crippen molar-refractivity contribution >= 4 is 5.91 Å². The van der Waals surface area contributed by atoms with E-state index in [9.17, 15) is 4.79 Å². The summed E-state index contributed by atoms with van der Waals surface area (Å²) in [5.41, 5.74) is 2.28. The second kappa shape index (κ2) is 12.0. The molecule has 1 atom stereocenters. The van der Waals surface area contributed by atoms with Gasteiger partial charge in [-0.25, -0.2) is 0 Å². The Bertz CT molecular complexity index is 476. The van der Waals surface area contributed by atoms with Crippen molar-refractivity contribution in [3.05, 3.63) is 29.6 Å². The third-order valence-corrected chi connectivity index (χ3v) is 4.27. The summed E-state index contributed by atoms with van der Waals surface area (Å²) in [6.07, 6.45) is 3.65. The molecule has 5 heteroatoms. The number of hydrogen-bond donors (Lipinski definition) is 0. The van der Waals surface area contributed by atoms with Gasteiger partial charge in [-0.1, -0.05) is 33.8 Å². The third-order valence-electron chi connectivity index (χ3n) is 4.27. The highest BCUT2D eigenvalue weighted by atomic mass is 16.5. The Hall–Kier alpha value is -1.46. The van der Waals surface area contributed by atoms with Crippen molar-refractivity contribution in [2.75, 3.05) is 32.8 Å². The van der Waals surface area contributed by atoms with Crippen LogP contribution in [-0.4, -0.2) is 59.6 Å². The lowest BCUT2D eigenvalue weighted by atomic mass is 10.2. The fraction of sp³-hybridized carbons (Fsp3) is 0.700. The van der Waals surface area contributed by atoms with E-state index in [1.807, 2.05) is 51.8 Å². The second-order valence-electron chi connectivity index (χ2n) is 5.91. The summed E-state index contributed by atoms with van der Waals surface area (Å²) in [6.45, 7) is 15.1. The molecule has 2 aliphatic rings. The molecule has 0 bridgehead atoms. The fourth-order valence-corrected chi connectivity index (χ4v) is 2.95. The van der Waals surface area contributed by atoms with Crippen molar-refractivity contribution in [1.29, 1.82) is 0 Å². The van der Waals surface area contributed by atoms with E-state index in [1.54, 1.807) is 0 Å². The van der Waals surface area contributed by atoms with Crippen LogP contribution in [0.5, 0.6) is 0 Å². The molecule has 2 aliphatic heterocycles. The fourth-order valence-electron chi connectivity index (χ4n) is 2.95. The van der Waals surface area contributed by atoms with E-state index in [4.69, 9.17) is 4.74 Å². The highest BCUT2D eigenvalue weighted by Crippen LogP contribution is 2.16. The van der Waals surface area contributed by atoms with Crippen LogP contribution in [0.1, 0.15) is 51.8 Å². The molecule has 1 amide bonds. The van der Waals surface area contributed by atoms with Crippen molar-refractivity contribution in [3.8, 4) is 0 Å². The molecule has 3 heterocycles. The summed E-state index contributed by atoms with van der Waals surface area (Å²) in [7, 11) is 0. The minimum absolute atomic E-state index is 0.183. The minimum atomic E-state index is -0.183. The van der Waals surface area contributed by atoms with Gasteiger partial charge in [0.05, 0.1) is 0 Å². The van der Waals surface area contributed by atoms with Gasteiger partial charge in [-0.05, 0) is 31.4 Å². The topological polar surface area (TPSA) is 45.7 Å². The monoisotopic (exact) mass is 349 g/mol. The molecule has 2 saturated heterocycles. The molecule has 0 N–H and O–H groups in total. The van der Waals surface area contributed by atoms with E-state index in [0.29, 0.717) is 0 Å². The first-order valence-corrected chi connectivity index (χ1v) is 9.76. The van der Waals surface area contributed by atoms with E-state index in [1.165, 1.54) is 5.56 Å². The number of carbonyl (C=O) groups is 1. The lowest BCUT2D eigenvalue weighted by molar-refractivity contribution is -0.142. The van der Waals surface area contributed by atoms with Crippen LogP contribution in [0.3, 0.4) is 0 Å². The molecule has 3 rings (SSSR count). The zero-order valence-electron chi connectivity index (χ0n) is 16.6. The molecule has 1 unspecified atom stereocenters. The summed E-state index contributed by atoms with van der Waals surface area (Å²) in [6, 6.07) is 4.18. The zero-order chi connectivity index (χ0) is 18.7. The van der Waals surface area contributed by atoms with Crippen LogP contribution in [-0.2, 0) is 16.1 Å². The lowest BCUT2D eigenvalue weighted by Crippen LogP contribution is -2.51. The van der Waals surface area contributed by atoms with E-state index < -0.39 is 0 Å². The minimum Gasteiger partial charge on any atom is -0.368 e. The van der Waals surface area contributed by atoms with Gasteiger partial charge in [-0.15, -0.1) is 0 Å². The lowest BCUT2D eigenvalue weighted by Gasteiger charge is -2.35. The first-order chi connectivity index (χ1) is 12.2. The average Bonchev–Trinajstić information content (AvgIpc) is 3.22. The van der Waals surface area contributed by atoms with Crippen LogP contribution in [0.4, 0.5) is 0 Å². The standard InChI is InChI=1S/C16H23N3O2.2C2H6/c1-13-4-5-14(11-17-13)12-18-6-8-19(9-7-18)16(20)15-3-2-10-21-15;2*1-2/h4-5,11,15H,2-3,6-10,12H2,1H3;2*1-2H3. The van der Waals surface area contributed by atoms with Crippen LogP contribution in [0, 0.1) is 6.92 Å². The Morgan fingerprint density at radius 1 is 1.16 bits per heavy atom. The van der Waals surface area contributed by atoms with Crippen LogP contribution >= 0.6 is 0 Å². The number of carbonyl (C=O) groups excluding carboxylic acids is 1. The van der Waals surface area contributed by atoms with Gasteiger partial charge in [-0.2, -0.15) is 0 Å². The van der Waals surface area contributed by atoms with Crippen molar-refractivity contribution in [2.45, 2.75) is 60.1 Å². The number of amides is 1. The first-order valence-electron chi connectivity index (χ1n) is 9.76. The number of rotatable bonds is 3. The molecule has 0 radical (unpaired) electrons. The molecular weight excluding hydrogens is 314 g/mol. The highest BCUT2D eigenvalue weighted by Gasteiger charge is 2.30. The van der Waals surface area contributed by atoms with Crippen molar-refractivity contribution in [2.24, 2.45) is 0 Å². The number of aryl methyl sites for hydroxylation is 1. The largest absolute Gasteiger partial charge is 0.368 e. The van der Waals surface area contributed by atoms with Gasteiger partial charge in [0.25, 0.3) is 5.91 Å². The molecule has 142 valence electrons. The SMILES string of the molecule is CC.CC.Cc1ccc(CN2CCN(C(=O)C3CCCO3)CC2)cn1.